The van der Waals surface area contributed by atoms with Crippen LogP contribution in [0.25, 0.3) is 0 Å². The average molecular weight is 353 g/mol. The van der Waals surface area contributed by atoms with Gasteiger partial charge in [0, 0.05) is 30.8 Å². The van der Waals surface area contributed by atoms with Crippen LogP contribution < -0.4 is 5.32 Å². The quantitative estimate of drug-likeness (QED) is 0.488. The van der Waals surface area contributed by atoms with Gasteiger partial charge in [-0.1, -0.05) is 12.1 Å². The zero-order valence-electron chi connectivity index (χ0n) is 13.7. The van der Waals surface area contributed by atoms with E-state index in [1.165, 1.54) is 24.3 Å². The van der Waals surface area contributed by atoms with Crippen LogP contribution in [0.3, 0.4) is 0 Å². The van der Waals surface area contributed by atoms with Gasteiger partial charge >= 0.3 is 0 Å². The maximum Gasteiger partial charge on any atom is 0.269 e. The summed E-state index contributed by atoms with van der Waals surface area (Å²) in [6.45, 7) is 0.153. The van der Waals surface area contributed by atoms with Gasteiger partial charge in [0.1, 0.15) is 0 Å². The lowest BCUT2D eigenvalue weighted by Crippen LogP contribution is -2.31. The Morgan fingerprint density at radius 1 is 1.00 bits per heavy atom. The van der Waals surface area contributed by atoms with E-state index in [-0.39, 0.29) is 36.4 Å². The van der Waals surface area contributed by atoms with Crippen molar-refractivity contribution in [3.63, 3.8) is 0 Å². The lowest BCUT2D eigenvalue weighted by molar-refractivity contribution is -0.384. The van der Waals surface area contributed by atoms with E-state index in [4.69, 9.17) is 0 Å². The van der Waals surface area contributed by atoms with Crippen molar-refractivity contribution < 1.29 is 19.3 Å². The van der Waals surface area contributed by atoms with E-state index in [0.717, 1.165) is 4.90 Å². The van der Waals surface area contributed by atoms with Crippen molar-refractivity contribution in [1.29, 1.82) is 0 Å². The number of rotatable bonds is 6. The molecule has 26 heavy (non-hydrogen) atoms. The van der Waals surface area contributed by atoms with Crippen molar-refractivity contribution in [2.24, 2.45) is 0 Å². The second-order valence-corrected chi connectivity index (χ2v) is 5.76. The third-order valence-electron chi connectivity index (χ3n) is 4.03. The number of nitrogens with zero attached hydrogens (tertiary/aromatic N) is 2. The minimum atomic E-state index is -0.520. The minimum Gasteiger partial charge on any atom is -0.326 e. The van der Waals surface area contributed by atoms with Gasteiger partial charge in [-0.25, -0.2) is 0 Å². The van der Waals surface area contributed by atoms with Gasteiger partial charge in [0.15, 0.2) is 0 Å². The Kier molecular flexibility index (Phi) is 4.74. The van der Waals surface area contributed by atoms with Crippen molar-refractivity contribution in [3.8, 4) is 0 Å². The summed E-state index contributed by atoms with van der Waals surface area (Å²) in [6.07, 6.45) is 0.439. The van der Waals surface area contributed by atoms with Crippen LogP contribution in [0.15, 0.2) is 48.5 Å². The summed E-state index contributed by atoms with van der Waals surface area (Å²) in [4.78, 5) is 47.6. The number of benzene rings is 2. The molecule has 0 saturated carbocycles. The molecule has 3 amide bonds. The Balaban J connectivity index is 1.51. The van der Waals surface area contributed by atoms with Crippen LogP contribution in [0.2, 0.25) is 0 Å². The first-order chi connectivity index (χ1) is 12.5. The highest BCUT2D eigenvalue weighted by atomic mass is 16.6. The fraction of sp³-hybridized carbons (Fsp3) is 0.167. The Morgan fingerprint density at radius 3 is 2.12 bits per heavy atom. The summed E-state index contributed by atoms with van der Waals surface area (Å²) >= 11 is 0. The van der Waals surface area contributed by atoms with Gasteiger partial charge < -0.3 is 5.32 Å². The fourth-order valence-corrected chi connectivity index (χ4v) is 2.73. The Labute approximate surface area is 148 Å². The van der Waals surface area contributed by atoms with Gasteiger partial charge in [-0.3, -0.25) is 29.4 Å². The first-order valence-corrected chi connectivity index (χ1v) is 7.97. The van der Waals surface area contributed by atoms with Gasteiger partial charge in [0.2, 0.25) is 5.91 Å². The molecule has 0 aliphatic carbocycles. The Morgan fingerprint density at radius 2 is 1.58 bits per heavy atom. The largest absolute Gasteiger partial charge is 0.326 e. The maximum absolute atomic E-state index is 12.2. The number of carbonyl (C=O) groups excluding carboxylic acids is 3. The van der Waals surface area contributed by atoms with Crippen molar-refractivity contribution in [2.45, 2.75) is 12.8 Å². The molecule has 1 heterocycles. The molecule has 8 heteroatoms. The molecule has 3 rings (SSSR count). The van der Waals surface area contributed by atoms with Crippen molar-refractivity contribution >= 4 is 29.1 Å². The lowest BCUT2D eigenvalue weighted by atomic mass is 10.1. The highest BCUT2D eigenvalue weighted by Gasteiger charge is 2.34. The second-order valence-electron chi connectivity index (χ2n) is 5.76. The number of imide groups is 1. The number of carbonyl (C=O) groups is 3. The number of hydrogen-bond donors (Lipinski definition) is 1. The van der Waals surface area contributed by atoms with E-state index >= 15 is 0 Å². The van der Waals surface area contributed by atoms with Gasteiger partial charge in [-0.2, -0.15) is 0 Å². The van der Waals surface area contributed by atoms with E-state index in [1.54, 1.807) is 24.3 Å². The monoisotopic (exact) mass is 353 g/mol. The van der Waals surface area contributed by atoms with Crippen LogP contribution >= 0.6 is 0 Å². The molecule has 0 atom stereocenters. The molecule has 8 nitrogen and oxygen atoms in total. The summed E-state index contributed by atoms with van der Waals surface area (Å²) in [5.41, 5.74) is 1.15. The first kappa shape index (κ1) is 17.3. The molecule has 1 N–H and O–H groups in total. The highest BCUT2D eigenvalue weighted by Crippen LogP contribution is 2.22. The van der Waals surface area contributed by atoms with Crippen LogP contribution in [-0.4, -0.2) is 34.1 Å². The van der Waals surface area contributed by atoms with E-state index in [9.17, 15) is 24.5 Å². The SMILES string of the molecule is O=C(CCCN1C(=O)c2ccccc2C1=O)Nc1ccc([N+](=O)[O-])cc1. The average Bonchev–Trinajstić information content (AvgIpc) is 2.87. The predicted molar refractivity (Wildman–Crippen MR) is 92.8 cm³/mol. The van der Waals surface area contributed by atoms with Crippen LogP contribution in [0.1, 0.15) is 33.6 Å². The normalized spacial score (nSPS) is 12.8. The Hall–Kier alpha value is -3.55. The van der Waals surface area contributed by atoms with Gasteiger partial charge in [0.25, 0.3) is 17.5 Å². The number of non-ortho nitro benzene ring substituents is 1. The van der Waals surface area contributed by atoms with Crippen molar-refractivity contribution in [1.82, 2.24) is 4.90 Å². The molecule has 2 aromatic rings. The van der Waals surface area contributed by atoms with Gasteiger partial charge in [-0.05, 0) is 30.7 Å². The zero-order valence-corrected chi connectivity index (χ0v) is 13.7. The molecule has 2 aromatic carbocycles. The van der Waals surface area contributed by atoms with Crippen LogP contribution in [0, 0.1) is 10.1 Å². The molecule has 132 valence electrons. The number of nitrogens with one attached hydrogen (secondary N) is 1. The summed E-state index contributed by atoms with van der Waals surface area (Å²) in [6, 6.07) is 12.1. The molecule has 0 saturated heterocycles. The van der Waals surface area contributed by atoms with Gasteiger partial charge in [-0.15, -0.1) is 0 Å². The fourth-order valence-electron chi connectivity index (χ4n) is 2.73. The predicted octanol–water partition coefficient (Wildman–Crippen LogP) is 2.61. The molecular weight excluding hydrogens is 338 g/mol. The molecular formula is C18H15N3O5. The van der Waals surface area contributed by atoms with Crippen LogP contribution in [0.5, 0.6) is 0 Å². The highest BCUT2D eigenvalue weighted by molar-refractivity contribution is 6.21. The number of nitro groups is 1. The van der Waals surface area contributed by atoms with E-state index in [0.29, 0.717) is 23.2 Å². The summed E-state index contributed by atoms with van der Waals surface area (Å²) < 4.78 is 0. The maximum atomic E-state index is 12.2. The topological polar surface area (TPSA) is 110 Å². The molecule has 0 aromatic heterocycles. The molecule has 1 aliphatic rings. The van der Waals surface area contributed by atoms with Crippen molar-refractivity contribution in [2.75, 3.05) is 11.9 Å². The zero-order chi connectivity index (χ0) is 18.7. The molecule has 1 aliphatic heterocycles. The summed E-state index contributed by atoms with van der Waals surface area (Å²) in [5.74, 6) is -0.988. The smallest absolute Gasteiger partial charge is 0.269 e. The second kappa shape index (κ2) is 7.14. The van der Waals surface area contributed by atoms with Crippen molar-refractivity contribution in [3.05, 3.63) is 69.8 Å². The molecule has 0 radical (unpaired) electrons. The molecule has 0 bridgehead atoms. The number of nitro benzene ring substituents is 1. The number of anilines is 1. The molecule has 0 spiro atoms. The van der Waals surface area contributed by atoms with E-state index in [1.807, 2.05) is 0 Å². The minimum absolute atomic E-state index is 0.0615. The molecule has 0 fully saturated rings. The van der Waals surface area contributed by atoms with Gasteiger partial charge in [0.05, 0.1) is 16.1 Å². The Bertz CT molecular complexity index is 857. The standard InChI is InChI=1S/C18H15N3O5/c22-16(19-12-7-9-13(10-8-12)21(25)26)6-3-11-20-17(23)14-4-1-2-5-15(14)18(20)24/h1-2,4-5,7-10H,3,6,11H2,(H,19,22). The number of hydrogen-bond acceptors (Lipinski definition) is 5. The summed E-state index contributed by atoms with van der Waals surface area (Å²) in [7, 11) is 0. The molecule has 0 unspecified atom stereocenters. The number of amides is 3. The third-order valence-corrected chi connectivity index (χ3v) is 4.03. The third kappa shape index (κ3) is 3.44. The van der Waals surface area contributed by atoms with Crippen LogP contribution in [0.4, 0.5) is 11.4 Å². The number of fused-ring (bicyclic) bond motifs is 1. The van der Waals surface area contributed by atoms with Crippen LogP contribution in [-0.2, 0) is 4.79 Å². The summed E-state index contributed by atoms with van der Waals surface area (Å²) in [5, 5.41) is 13.2. The van der Waals surface area contributed by atoms with E-state index in [2.05, 4.69) is 5.32 Å². The lowest BCUT2D eigenvalue weighted by Gasteiger charge is -2.13. The van der Waals surface area contributed by atoms with E-state index < -0.39 is 4.92 Å². The first-order valence-electron chi connectivity index (χ1n) is 7.97.